The molecule has 4 fully saturated rings. The minimum absolute atomic E-state index is 0.0268. The van der Waals surface area contributed by atoms with Gasteiger partial charge in [-0.25, -0.2) is 9.18 Å². The molecule has 0 bridgehead atoms. The number of aromatic carboxylic acids is 1. The number of carbonyl (C=O) groups excluding carboxylic acids is 2. The molecule has 3 N–H and O–H groups in total. The molecule has 1 aliphatic heterocycles. The number of Topliss-reactive ketones (excluding diaryl/α,β-unsaturated/α-hetero) is 1. The second-order valence-corrected chi connectivity index (χ2v) is 13.9. The molecule has 9 atom stereocenters. The second kappa shape index (κ2) is 10.5. The lowest BCUT2D eigenvalue weighted by molar-refractivity contribution is -0.201. The van der Waals surface area contributed by atoms with Crippen molar-refractivity contribution in [1.82, 2.24) is 0 Å². The standard InChI is InChI=1S/C36H37FO8/c1-34-12-11-23(39)15-22(34)8-10-24-26-16-30-36(29(41)18-38,35(26,2)17-28(40)31(24)34)45-33(44-30)25-9-5-20(14-27(25)37)13-19-3-6-21(7-4-19)32(42)43/h3-7,9,11-12,14-15,24,26,28,30-31,33,38,40H,8,10,13,16-18H2,1-2H3,(H,42,43)/t24-,26-,28-,30?,31+,33?,34-,35-,36+/m0/s1. The summed E-state index contributed by atoms with van der Waals surface area (Å²) in [6.07, 6.45) is 5.06. The van der Waals surface area contributed by atoms with E-state index in [1.807, 2.05) is 13.0 Å². The summed E-state index contributed by atoms with van der Waals surface area (Å²) in [4.78, 5) is 37.0. The Labute approximate surface area is 260 Å². The van der Waals surface area contributed by atoms with Gasteiger partial charge in [-0.05, 0) is 85.4 Å². The number of ketones is 2. The number of halogens is 1. The van der Waals surface area contributed by atoms with Gasteiger partial charge in [-0.15, -0.1) is 0 Å². The maximum absolute atomic E-state index is 15.7. The molecule has 2 unspecified atom stereocenters. The van der Waals surface area contributed by atoms with Gasteiger partial charge in [0.05, 0.1) is 17.8 Å². The van der Waals surface area contributed by atoms with Crippen LogP contribution in [0.1, 0.15) is 72.9 Å². The van der Waals surface area contributed by atoms with E-state index in [1.54, 1.807) is 36.4 Å². The molecule has 1 heterocycles. The van der Waals surface area contributed by atoms with Gasteiger partial charge in [0.15, 0.2) is 23.5 Å². The number of aliphatic hydroxyl groups is 2. The number of aliphatic hydroxyl groups excluding tert-OH is 2. The predicted octanol–water partition coefficient (Wildman–Crippen LogP) is 4.72. The topological polar surface area (TPSA) is 130 Å². The monoisotopic (exact) mass is 616 g/mol. The van der Waals surface area contributed by atoms with E-state index >= 15 is 4.39 Å². The third-order valence-corrected chi connectivity index (χ3v) is 11.7. The zero-order valence-corrected chi connectivity index (χ0v) is 25.2. The van der Waals surface area contributed by atoms with Crippen LogP contribution in [0.2, 0.25) is 0 Å². The van der Waals surface area contributed by atoms with E-state index in [-0.39, 0.29) is 41.1 Å². The van der Waals surface area contributed by atoms with Crippen molar-refractivity contribution in [1.29, 1.82) is 0 Å². The first-order valence-corrected chi connectivity index (χ1v) is 15.6. The lowest BCUT2D eigenvalue weighted by atomic mass is 9.46. The van der Waals surface area contributed by atoms with Crippen molar-refractivity contribution in [3.8, 4) is 0 Å². The molecule has 7 rings (SSSR count). The minimum Gasteiger partial charge on any atom is -0.478 e. The number of hydrogen-bond acceptors (Lipinski definition) is 7. The van der Waals surface area contributed by atoms with Crippen molar-refractivity contribution < 1.29 is 43.6 Å². The zero-order chi connectivity index (χ0) is 31.9. The van der Waals surface area contributed by atoms with Gasteiger partial charge in [0.25, 0.3) is 0 Å². The SMILES string of the molecule is C[C@]12C=CC(=O)C=C1CC[C@@H]1[C@@H]2[C@@H](O)C[C@@]2(C)[C@H]1CC1OC(c3ccc(Cc4ccc(C(=O)O)cc4)cc3F)O[C@]12C(=O)CO. The highest BCUT2D eigenvalue weighted by molar-refractivity contribution is 6.01. The van der Waals surface area contributed by atoms with Crippen LogP contribution < -0.4 is 0 Å². The average Bonchev–Trinajstić information content (AvgIpc) is 3.50. The van der Waals surface area contributed by atoms with Crippen molar-refractivity contribution in [3.63, 3.8) is 0 Å². The number of ether oxygens (including phenoxy) is 2. The highest BCUT2D eigenvalue weighted by atomic mass is 19.1. The van der Waals surface area contributed by atoms with Gasteiger partial charge in [0.2, 0.25) is 0 Å². The molecule has 0 aromatic heterocycles. The van der Waals surface area contributed by atoms with Gasteiger partial charge < -0.3 is 24.8 Å². The Bertz CT molecular complexity index is 1650. The quantitative estimate of drug-likeness (QED) is 0.425. The van der Waals surface area contributed by atoms with Crippen LogP contribution in [0.25, 0.3) is 0 Å². The average molecular weight is 617 g/mol. The molecule has 3 saturated carbocycles. The molecule has 45 heavy (non-hydrogen) atoms. The molecule has 236 valence electrons. The maximum atomic E-state index is 15.7. The Kier molecular flexibility index (Phi) is 7.05. The molecule has 0 amide bonds. The summed E-state index contributed by atoms with van der Waals surface area (Å²) in [6, 6.07) is 11.1. The third kappa shape index (κ3) is 4.35. The Morgan fingerprint density at radius 3 is 2.51 bits per heavy atom. The van der Waals surface area contributed by atoms with Crippen LogP contribution in [-0.4, -0.2) is 57.3 Å². The van der Waals surface area contributed by atoms with Crippen LogP contribution in [0.3, 0.4) is 0 Å². The van der Waals surface area contributed by atoms with Crippen molar-refractivity contribution in [3.05, 3.63) is 94.3 Å². The minimum atomic E-state index is -1.56. The lowest BCUT2D eigenvalue weighted by Gasteiger charge is -2.59. The second-order valence-electron chi connectivity index (χ2n) is 13.9. The zero-order valence-electron chi connectivity index (χ0n) is 25.2. The normalized spacial score (nSPS) is 38.2. The molecule has 0 radical (unpaired) electrons. The van der Waals surface area contributed by atoms with Gasteiger partial charge in [-0.3, -0.25) is 9.59 Å². The first kappa shape index (κ1) is 30.2. The van der Waals surface area contributed by atoms with Crippen molar-refractivity contribution in [2.75, 3.05) is 6.61 Å². The molecule has 9 heteroatoms. The lowest BCUT2D eigenvalue weighted by Crippen LogP contribution is -2.63. The Hall–Kier alpha value is -3.50. The number of fused-ring (bicyclic) bond motifs is 7. The summed E-state index contributed by atoms with van der Waals surface area (Å²) in [6.45, 7) is 3.26. The largest absolute Gasteiger partial charge is 0.478 e. The molecule has 2 aromatic rings. The smallest absolute Gasteiger partial charge is 0.335 e. The van der Waals surface area contributed by atoms with E-state index in [1.165, 1.54) is 18.2 Å². The Balaban J connectivity index is 1.17. The third-order valence-electron chi connectivity index (χ3n) is 11.7. The van der Waals surface area contributed by atoms with E-state index in [4.69, 9.17) is 14.6 Å². The van der Waals surface area contributed by atoms with E-state index in [2.05, 4.69) is 6.92 Å². The highest BCUT2D eigenvalue weighted by Crippen LogP contribution is 2.70. The fourth-order valence-electron chi connectivity index (χ4n) is 9.70. The molecular formula is C36H37FO8. The summed E-state index contributed by atoms with van der Waals surface area (Å²) >= 11 is 0. The summed E-state index contributed by atoms with van der Waals surface area (Å²) < 4.78 is 28.6. The number of carboxylic acids is 1. The molecule has 2 aromatic carbocycles. The van der Waals surface area contributed by atoms with Crippen molar-refractivity contribution in [2.24, 2.45) is 28.6 Å². The summed E-state index contributed by atoms with van der Waals surface area (Å²) in [5.41, 5.74) is -0.0716. The molecule has 5 aliphatic rings. The van der Waals surface area contributed by atoms with Gasteiger partial charge in [-0.1, -0.05) is 49.8 Å². The molecule has 1 saturated heterocycles. The fourth-order valence-corrected chi connectivity index (χ4v) is 9.70. The van der Waals surface area contributed by atoms with Crippen LogP contribution in [0.15, 0.2) is 66.3 Å². The van der Waals surface area contributed by atoms with Crippen LogP contribution in [-0.2, 0) is 25.5 Å². The van der Waals surface area contributed by atoms with Crippen molar-refractivity contribution >= 4 is 17.5 Å². The number of hydrogen-bond donors (Lipinski definition) is 3. The Morgan fingerprint density at radius 2 is 1.82 bits per heavy atom. The number of carboxylic acid groups (broad SMARTS) is 1. The fraction of sp³-hybridized carbons (Fsp3) is 0.472. The maximum Gasteiger partial charge on any atom is 0.335 e. The van der Waals surface area contributed by atoms with Crippen molar-refractivity contribution in [2.45, 2.75) is 70.1 Å². The predicted molar refractivity (Wildman–Crippen MR) is 160 cm³/mol. The molecule has 8 nitrogen and oxygen atoms in total. The molecular weight excluding hydrogens is 579 g/mol. The molecule has 4 aliphatic carbocycles. The van der Waals surface area contributed by atoms with Crippen LogP contribution in [0, 0.1) is 34.4 Å². The van der Waals surface area contributed by atoms with Crippen LogP contribution in [0.4, 0.5) is 4.39 Å². The summed E-state index contributed by atoms with van der Waals surface area (Å²) in [5, 5.41) is 31.1. The molecule has 0 spiro atoms. The number of carbonyl (C=O) groups is 3. The van der Waals surface area contributed by atoms with E-state index < -0.39 is 59.1 Å². The summed E-state index contributed by atoms with van der Waals surface area (Å²) in [7, 11) is 0. The van der Waals surface area contributed by atoms with E-state index in [9.17, 15) is 24.6 Å². The van der Waals surface area contributed by atoms with Gasteiger partial charge >= 0.3 is 5.97 Å². The van der Waals surface area contributed by atoms with E-state index in [0.717, 1.165) is 17.6 Å². The number of benzene rings is 2. The first-order chi connectivity index (χ1) is 21.4. The number of rotatable bonds is 6. The van der Waals surface area contributed by atoms with E-state index in [0.29, 0.717) is 24.8 Å². The van der Waals surface area contributed by atoms with Gasteiger partial charge in [-0.2, -0.15) is 0 Å². The summed E-state index contributed by atoms with van der Waals surface area (Å²) in [5.74, 6) is -2.33. The Morgan fingerprint density at radius 1 is 1.09 bits per heavy atom. The first-order valence-electron chi connectivity index (χ1n) is 15.6. The number of allylic oxidation sites excluding steroid dienone is 4. The van der Waals surface area contributed by atoms with Crippen LogP contribution >= 0.6 is 0 Å². The van der Waals surface area contributed by atoms with Gasteiger partial charge in [0.1, 0.15) is 12.4 Å². The highest BCUT2D eigenvalue weighted by Gasteiger charge is 2.76. The van der Waals surface area contributed by atoms with Crippen LogP contribution in [0.5, 0.6) is 0 Å². The van der Waals surface area contributed by atoms with Gasteiger partial charge in [0, 0.05) is 22.3 Å².